The second kappa shape index (κ2) is 5.08. The van der Waals surface area contributed by atoms with Crippen molar-refractivity contribution in [1.82, 2.24) is 15.5 Å². The third kappa shape index (κ3) is 2.58. The Labute approximate surface area is 135 Å². The molecule has 1 aromatic rings. The monoisotopic (exact) mass is 315 g/mol. The van der Waals surface area contributed by atoms with Crippen molar-refractivity contribution in [2.75, 3.05) is 6.54 Å². The van der Waals surface area contributed by atoms with Crippen LogP contribution in [-0.2, 0) is 21.5 Å². The highest BCUT2D eigenvalue weighted by Gasteiger charge is 2.55. The minimum Gasteiger partial charge on any atom is -0.350 e. The lowest BCUT2D eigenvalue weighted by Gasteiger charge is -2.24. The Kier molecular flexibility index (Phi) is 3.43. The molecule has 1 aromatic carbocycles. The van der Waals surface area contributed by atoms with Gasteiger partial charge in [-0.05, 0) is 44.7 Å². The number of nitrogens with one attached hydrogen (secondary N) is 2. The van der Waals surface area contributed by atoms with E-state index in [0.717, 1.165) is 22.4 Å². The van der Waals surface area contributed by atoms with Crippen molar-refractivity contribution < 1.29 is 14.4 Å². The first-order valence-corrected chi connectivity index (χ1v) is 7.76. The number of carbonyl (C=O) groups is 3. The van der Waals surface area contributed by atoms with E-state index in [2.05, 4.69) is 10.6 Å². The number of hydrogen-bond donors (Lipinski definition) is 2. The first-order valence-electron chi connectivity index (χ1n) is 7.76. The van der Waals surface area contributed by atoms with Crippen LogP contribution in [0.1, 0.15) is 38.3 Å². The normalized spacial score (nSPS) is 23.2. The number of carbonyl (C=O) groups excluding carboxylic acids is 3. The van der Waals surface area contributed by atoms with Crippen molar-refractivity contribution in [2.45, 2.75) is 44.7 Å². The Bertz CT molecular complexity index is 693. The predicted octanol–water partition coefficient (Wildman–Crippen LogP) is 1.29. The van der Waals surface area contributed by atoms with Crippen molar-refractivity contribution >= 4 is 17.8 Å². The smallest absolute Gasteiger partial charge is 0.325 e. The number of imide groups is 1. The molecule has 0 radical (unpaired) electrons. The molecule has 122 valence electrons. The molecule has 1 aliphatic carbocycles. The van der Waals surface area contributed by atoms with Crippen LogP contribution in [0.4, 0.5) is 4.79 Å². The SMILES string of the molecule is CC(C)(C)NC(=O)CN1C(=O)N[C@@]2(CCc3ccccc32)C1=O. The first-order chi connectivity index (χ1) is 10.7. The molecule has 6 heteroatoms. The molecule has 1 atom stereocenters. The Morgan fingerprint density at radius 2 is 2.00 bits per heavy atom. The largest absolute Gasteiger partial charge is 0.350 e. The summed E-state index contributed by atoms with van der Waals surface area (Å²) in [4.78, 5) is 38.2. The Balaban J connectivity index is 1.83. The number of aryl methyl sites for hydroxylation is 1. The topological polar surface area (TPSA) is 78.5 Å². The summed E-state index contributed by atoms with van der Waals surface area (Å²) in [6, 6.07) is 7.13. The molecule has 0 aromatic heterocycles. The van der Waals surface area contributed by atoms with Crippen molar-refractivity contribution in [3.63, 3.8) is 0 Å². The summed E-state index contributed by atoms with van der Waals surface area (Å²) in [6.07, 6.45) is 1.28. The fraction of sp³-hybridized carbons (Fsp3) is 0.471. The molecule has 3 rings (SSSR count). The molecule has 0 saturated carbocycles. The number of urea groups is 1. The van der Waals surface area contributed by atoms with Gasteiger partial charge in [0.1, 0.15) is 12.1 Å². The third-order valence-corrected chi connectivity index (χ3v) is 4.24. The first kappa shape index (κ1) is 15.5. The minimum absolute atomic E-state index is 0.258. The van der Waals surface area contributed by atoms with Crippen molar-refractivity contribution in [3.05, 3.63) is 35.4 Å². The van der Waals surface area contributed by atoms with E-state index < -0.39 is 17.1 Å². The average Bonchev–Trinajstić information content (AvgIpc) is 2.92. The standard InChI is InChI=1S/C17H21N3O3/c1-16(2,3)18-13(21)10-20-14(22)17(19-15(20)23)9-8-11-6-4-5-7-12(11)17/h4-7H,8-10H2,1-3H3,(H,18,21)(H,19,23)/t17-/m1/s1. The molecule has 1 aliphatic heterocycles. The number of nitrogens with zero attached hydrogens (tertiary/aromatic N) is 1. The van der Waals surface area contributed by atoms with Crippen LogP contribution in [-0.4, -0.2) is 34.8 Å². The van der Waals surface area contributed by atoms with Gasteiger partial charge in [-0.1, -0.05) is 24.3 Å². The second-order valence-electron chi connectivity index (χ2n) is 7.18. The quantitative estimate of drug-likeness (QED) is 0.807. The molecular formula is C17H21N3O3. The van der Waals surface area contributed by atoms with E-state index in [0.29, 0.717) is 6.42 Å². The van der Waals surface area contributed by atoms with Crippen molar-refractivity contribution in [2.24, 2.45) is 0 Å². The lowest BCUT2D eigenvalue weighted by Crippen LogP contribution is -2.48. The van der Waals surface area contributed by atoms with Gasteiger partial charge in [0, 0.05) is 5.54 Å². The van der Waals surface area contributed by atoms with Crippen molar-refractivity contribution in [3.8, 4) is 0 Å². The molecular weight excluding hydrogens is 294 g/mol. The van der Waals surface area contributed by atoms with Gasteiger partial charge in [-0.25, -0.2) is 4.79 Å². The molecule has 1 heterocycles. The summed E-state index contributed by atoms with van der Waals surface area (Å²) >= 11 is 0. The summed E-state index contributed by atoms with van der Waals surface area (Å²) in [7, 11) is 0. The van der Waals surface area contributed by atoms with Gasteiger partial charge >= 0.3 is 6.03 Å². The van der Waals surface area contributed by atoms with Crippen LogP contribution in [0, 0.1) is 0 Å². The number of fused-ring (bicyclic) bond motifs is 2. The molecule has 6 nitrogen and oxygen atoms in total. The molecule has 0 bridgehead atoms. The Morgan fingerprint density at radius 1 is 1.30 bits per heavy atom. The van der Waals surface area contributed by atoms with Gasteiger partial charge in [0.2, 0.25) is 5.91 Å². The van der Waals surface area contributed by atoms with E-state index in [1.807, 2.05) is 45.0 Å². The number of amides is 4. The lowest BCUT2D eigenvalue weighted by molar-refractivity contribution is -0.135. The van der Waals surface area contributed by atoms with E-state index in [9.17, 15) is 14.4 Å². The van der Waals surface area contributed by atoms with E-state index in [4.69, 9.17) is 0 Å². The Hall–Kier alpha value is -2.37. The van der Waals surface area contributed by atoms with E-state index in [1.165, 1.54) is 0 Å². The molecule has 2 N–H and O–H groups in total. The fourth-order valence-electron chi connectivity index (χ4n) is 3.33. The molecule has 1 fully saturated rings. The van der Waals surface area contributed by atoms with Crippen LogP contribution in [0.25, 0.3) is 0 Å². The van der Waals surface area contributed by atoms with E-state index >= 15 is 0 Å². The van der Waals surface area contributed by atoms with Crippen LogP contribution >= 0.6 is 0 Å². The highest BCUT2D eigenvalue weighted by atomic mass is 16.2. The zero-order valence-corrected chi connectivity index (χ0v) is 13.6. The average molecular weight is 315 g/mol. The molecule has 4 amide bonds. The molecule has 2 aliphatic rings. The van der Waals surface area contributed by atoms with Crippen LogP contribution in [0.2, 0.25) is 0 Å². The highest BCUT2D eigenvalue weighted by molar-refractivity contribution is 6.09. The zero-order valence-electron chi connectivity index (χ0n) is 13.6. The molecule has 23 heavy (non-hydrogen) atoms. The highest BCUT2D eigenvalue weighted by Crippen LogP contribution is 2.41. The van der Waals surface area contributed by atoms with Crippen molar-refractivity contribution in [1.29, 1.82) is 0 Å². The van der Waals surface area contributed by atoms with E-state index in [-0.39, 0.29) is 18.4 Å². The lowest BCUT2D eigenvalue weighted by atomic mass is 9.92. The van der Waals surface area contributed by atoms with Crippen LogP contribution in [0.15, 0.2) is 24.3 Å². The third-order valence-electron chi connectivity index (χ3n) is 4.24. The fourth-order valence-corrected chi connectivity index (χ4v) is 3.33. The summed E-state index contributed by atoms with van der Waals surface area (Å²) in [6.45, 7) is 5.30. The number of hydrogen-bond acceptors (Lipinski definition) is 3. The number of rotatable bonds is 2. The Morgan fingerprint density at radius 3 is 2.70 bits per heavy atom. The number of benzene rings is 1. The van der Waals surface area contributed by atoms with E-state index in [1.54, 1.807) is 0 Å². The minimum atomic E-state index is -1.00. The maximum Gasteiger partial charge on any atom is 0.325 e. The van der Waals surface area contributed by atoms with Gasteiger partial charge in [0.25, 0.3) is 5.91 Å². The van der Waals surface area contributed by atoms with Crippen LogP contribution in [0.3, 0.4) is 0 Å². The maximum absolute atomic E-state index is 12.9. The van der Waals surface area contributed by atoms with Crippen LogP contribution in [0.5, 0.6) is 0 Å². The summed E-state index contributed by atoms with van der Waals surface area (Å²) in [5.74, 6) is -0.680. The molecule has 1 spiro atoms. The molecule has 0 unspecified atom stereocenters. The van der Waals surface area contributed by atoms with Gasteiger partial charge in [0.15, 0.2) is 0 Å². The summed E-state index contributed by atoms with van der Waals surface area (Å²) in [5, 5.41) is 5.58. The van der Waals surface area contributed by atoms with Gasteiger partial charge in [-0.15, -0.1) is 0 Å². The maximum atomic E-state index is 12.9. The second-order valence-corrected chi connectivity index (χ2v) is 7.18. The molecule has 1 saturated heterocycles. The van der Waals surface area contributed by atoms with Gasteiger partial charge in [0.05, 0.1) is 0 Å². The van der Waals surface area contributed by atoms with Crippen LogP contribution < -0.4 is 10.6 Å². The predicted molar refractivity (Wildman–Crippen MR) is 84.6 cm³/mol. The summed E-state index contributed by atoms with van der Waals surface area (Å²) in [5.41, 5.74) is 0.503. The van der Waals surface area contributed by atoms with Gasteiger partial charge in [-0.2, -0.15) is 0 Å². The zero-order chi connectivity index (χ0) is 16.8. The van der Waals surface area contributed by atoms with Gasteiger partial charge < -0.3 is 10.6 Å². The summed E-state index contributed by atoms with van der Waals surface area (Å²) < 4.78 is 0. The van der Waals surface area contributed by atoms with Gasteiger partial charge in [-0.3, -0.25) is 14.5 Å².